The van der Waals surface area contributed by atoms with Crippen molar-refractivity contribution in [1.29, 1.82) is 0 Å². The maximum absolute atomic E-state index is 11.0. The van der Waals surface area contributed by atoms with E-state index in [4.69, 9.17) is 5.73 Å². The number of para-hydroxylation sites is 1. The molecule has 0 aliphatic heterocycles. The van der Waals surface area contributed by atoms with Gasteiger partial charge in [-0.3, -0.25) is 14.8 Å². The van der Waals surface area contributed by atoms with Gasteiger partial charge in [-0.2, -0.15) is 0 Å². The highest BCUT2D eigenvalue weighted by Crippen LogP contribution is 2.15. The van der Waals surface area contributed by atoms with Crippen LogP contribution >= 0.6 is 0 Å². The molecule has 0 saturated carbocycles. The Kier molecular flexibility index (Phi) is 4.25. The van der Waals surface area contributed by atoms with Crippen molar-refractivity contribution < 1.29 is 4.79 Å². The summed E-state index contributed by atoms with van der Waals surface area (Å²) in [5.41, 5.74) is 7.58. The number of carbonyl (C=O) groups is 1. The molecule has 2 heterocycles. The van der Waals surface area contributed by atoms with Gasteiger partial charge in [0.25, 0.3) is 0 Å². The van der Waals surface area contributed by atoms with Gasteiger partial charge in [-0.05, 0) is 30.3 Å². The topological polar surface area (TPSA) is 68.9 Å². The molecular formula is C19H15N3O. The molecule has 0 aliphatic carbocycles. The summed E-state index contributed by atoms with van der Waals surface area (Å²) in [6, 6.07) is 21.0. The first-order chi connectivity index (χ1) is 11.3. The first kappa shape index (κ1) is 14.7. The zero-order valence-corrected chi connectivity index (χ0v) is 12.4. The van der Waals surface area contributed by atoms with Gasteiger partial charge >= 0.3 is 0 Å². The molecule has 4 heteroatoms. The number of benzene rings is 2. The standard InChI is InChI=1S/C10H8N2O.C9H7N/c11-10(13)8-3-1-5-9-7(8)4-2-6-12-9;1-2-6-9-8(4-1)5-3-7-10-9/h1-6H,(H2,11,13);1-7H. The average molecular weight is 301 g/mol. The number of aromatic nitrogens is 2. The molecular weight excluding hydrogens is 286 g/mol. The average Bonchev–Trinajstić information content (AvgIpc) is 2.62. The number of amides is 1. The second-order valence-electron chi connectivity index (χ2n) is 4.94. The summed E-state index contributed by atoms with van der Waals surface area (Å²) < 4.78 is 0. The fourth-order valence-electron chi connectivity index (χ4n) is 2.33. The van der Waals surface area contributed by atoms with Crippen LogP contribution in [0.3, 0.4) is 0 Å². The normalized spacial score (nSPS) is 10.1. The van der Waals surface area contributed by atoms with Gasteiger partial charge in [0, 0.05) is 28.7 Å². The number of pyridine rings is 2. The molecule has 0 saturated heterocycles. The lowest BCUT2D eigenvalue weighted by molar-refractivity contribution is 0.100. The second kappa shape index (κ2) is 6.66. The van der Waals surface area contributed by atoms with E-state index >= 15 is 0 Å². The molecule has 0 spiro atoms. The molecule has 2 N–H and O–H groups in total. The van der Waals surface area contributed by atoms with Crippen molar-refractivity contribution in [3.05, 3.63) is 84.7 Å². The minimum absolute atomic E-state index is 0.418. The van der Waals surface area contributed by atoms with Gasteiger partial charge in [-0.25, -0.2) is 0 Å². The van der Waals surface area contributed by atoms with Gasteiger partial charge in [-0.15, -0.1) is 0 Å². The van der Waals surface area contributed by atoms with Crippen molar-refractivity contribution in [1.82, 2.24) is 9.97 Å². The highest BCUT2D eigenvalue weighted by molar-refractivity contribution is 6.05. The molecule has 4 rings (SSSR count). The summed E-state index contributed by atoms with van der Waals surface area (Å²) in [5, 5.41) is 2.00. The fraction of sp³-hybridized carbons (Fsp3) is 0. The van der Waals surface area contributed by atoms with E-state index < -0.39 is 5.91 Å². The number of fused-ring (bicyclic) bond motifs is 2. The molecule has 0 unspecified atom stereocenters. The SMILES string of the molecule is NC(=O)c1cccc2ncccc12.c1ccc2ncccc2c1. The van der Waals surface area contributed by atoms with Gasteiger partial charge in [0.15, 0.2) is 0 Å². The number of primary amides is 1. The third-order valence-corrected chi connectivity index (χ3v) is 3.42. The highest BCUT2D eigenvalue weighted by Gasteiger charge is 2.04. The molecule has 23 heavy (non-hydrogen) atoms. The van der Waals surface area contributed by atoms with Crippen LogP contribution in [0.4, 0.5) is 0 Å². The van der Waals surface area contributed by atoms with Gasteiger partial charge in [0.05, 0.1) is 11.0 Å². The minimum Gasteiger partial charge on any atom is -0.366 e. The molecule has 0 bridgehead atoms. The molecule has 0 aliphatic rings. The molecule has 0 atom stereocenters. The Labute approximate surface area is 133 Å². The maximum atomic E-state index is 11.0. The Bertz CT molecular complexity index is 896. The lowest BCUT2D eigenvalue weighted by atomic mass is 10.1. The van der Waals surface area contributed by atoms with Crippen molar-refractivity contribution >= 4 is 27.7 Å². The number of nitrogens with zero attached hydrogens (tertiary/aromatic N) is 2. The molecule has 112 valence electrons. The molecule has 2 aromatic heterocycles. The van der Waals surface area contributed by atoms with Crippen LogP contribution in [0, 0.1) is 0 Å². The Morgan fingerprint density at radius 2 is 1.39 bits per heavy atom. The monoisotopic (exact) mass is 301 g/mol. The molecule has 2 aromatic carbocycles. The van der Waals surface area contributed by atoms with Crippen LogP contribution in [0.25, 0.3) is 21.8 Å². The van der Waals surface area contributed by atoms with E-state index in [1.165, 1.54) is 5.39 Å². The smallest absolute Gasteiger partial charge is 0.249 e. The predicted molar refractivity (Wildman–Crippen MR) is 92.0 cm³/mol. The Hall–Kier alpha value is -3.27. The summed E-state index contributed by atoms with van der Waals surface area (Å²) >= 11 is 0. The maximum Gasteiger partial charge on any atom is 0.249 e. The molecule has 0 fully saturated rings. The second-order valence-corrected chi connectivity index (χ2v) is 4.94. The van der Waals surface area contributed by atoms with Crippen LogP contribution in [-0.4, -0.2) is 15.9 Å². The zero-order valence-electron chi connectivity index (χ0n) is 12.4. The van der Waals surface area contributed by atoms with Gasteiger partial charge in [-0.1, -0.05) is 36.4 Å². The van der Waals surface area contributed by atoms with Crippen LogP contribution in [0.2, 0.25) is 0 Å². The van der Waals surface area contributed by atoms with Crippen molar-refractivity contribution in [2.24, 2.45) is 5.73 Å². The van der Waals surface area contributed by atoms with Crippen LogP contribution in [0.15, 0.2) is 79.1 Å². The van der Waals surface area contributed by atoms with E-state index in [0.29, 0.717) is 5.56 Å². The molecule has 4 nitrogen and oxygen atoms in total. The van der Waals surface area contributed by atoms with E-state index in [1.807, 2.05) is 42.6 Å². The van der Waals surface area contributed by atoms with E-state index in [0.717, 1.165) is 16.4 Å². The summed E-state index contributed by atoms with van der Waals surface area (Å²) in [5.74, 6) is -0.418. The predicted octanol–water partition coefficient (Wildman–Crippen LogP) is 3.57. The molecule has 0 radical (unpaired) electrons. The van der Waals surface area contributed by atoms with Crippen LogP contribution in [0.5, 0.6) is 0 Å². The van der Waals surface area contributed by atoms with Gasteiger partial charge in [0.2, 0.25) is 5.91 Å². The van der Waals surface area contributed by atoms with Gasteiger partial charge in [0.1, 0.15) is 0 Å². The largest absolute Gasteiger partial charge is 0.366 e. The van der Waals surface area contributed by atoms with Crippen LogP contribution < -0.4 is 5.73 Å². The Morgan fingerprint density at radius 3 is 2.17 bits per heavy atom. The molecule has 1 amide bonds. The summed E-state index contributed by atoms with van der Waals surface area (Å²) in [6.07, 6.45) is 3.50. The van der Waals surface area contributed by atoms with E-state index in [2.05, 4.69) is 22.1 Å². The van der Waals surface area contributed by atoms with Crippen LogP contribution in [-0.2, 0) is 0 Å². The van der Waals surface area contributed by atoms with Crippen molar-refractivity contribution in [2.75, 3.05) is 0 Å². The quantitative estimate of drug-likeness (QED) is 0.584. The first-order valence-electron chi connectivity index (χ1n) is 7.19. The fourth-order valence-corrected chi connectivity index (χ4v) is 2.33. The zero-order chi connectivity index (χ0) is 16.1. The summed E-state index contributed by atoms with van der Waals surface area (Å²) in [6.45, 7) is 0. The number of nitrogens with two attached hydrogens (primary N) is 1. The third-order valence-electron chi connectivity index (χ3n) is 3.42. The highest BCUT2D eigenvalue weighted by atomic mass is 16.1. The van der Waals surface area contributed by atoms with Gasteiger partial charge < -0.3 is 5.73 Å². The lowest BCUT2D eigenvalue weighted by Crippen LogP contribution is -2.11. The number of hydrogen-bond acceptors (Lipinski definition) is 3. The summed E-state index contributed by atoms with van der Waals surface area (Å²) in [4.78, 5) is 19.3. The number of carbonyl (C=O) groups excluding carboxylic acids is 1. The Balaban J connectivity index is 0.000000140. The van der Waals surface area contributed by atoms with Crippen molar-refractivity contribution in [2.45, 2.75) is 0 Å². The van der Waals surface area contributed by atoms with E-state index in [-0.39, 0.29) is 0 Å². The number of hydrogen-bond donors (Lipinski definition) is 1. The molecule has 4 aromatic rings. The first-order valence-corrected chi connectivity index (χ1v) is 7.19. The van der Waals surface area contributed by atoms with E-state index in [9.17, 15) is 4.79 Å². The summed E-state index contributed by atoms with van der Waals surface area (Å²) in [7, 11) is 0. The van der Waals surface area contributed by atoms with Crippen molar-refractivity contribution in [3.63, 3.8) is 0 Å². The Morgan fingerprint density at radius 1 is 0.739 bits per heavy atom. The van der Waals surface area contributed by atoms with E-state index in [1.54, 1.807) is 24.4 Å². The minimum atomic E-state index is -0.418. The third kappa shape index (κ3) is 3.32. The number of rotatable bonds is 1. The van der Waals surface area contributed by atoms with Crippen LogP contribution in [0.1, 0.15) is 10.4 Å². The van der Waals surface area contributed by atoms with Crippen molar-refractivity contribution in [3.8, 4) is 0 Å². The lowest BCUT2D eigenvalue weighted by Gasteiger charge is -2.00.